The smallest absolute Gasteiger partial charge is 0.245 e. The number of hydrogen-bond acceptors (Lipinski definition) is 1. The number of allylic oxidation sites excluding steroid dienone is 4. The summed E-state index contributed by atoms with van der Waals surface area (Å²) >= 11 is 5.27. The lowest BCUT2D eigenvalue weighted by molar-refractivity contribution is -0.107. The third-order valence-corrected chi connectivity index (χ3v) is 3.51. The first kappa shape index (κ1) is 17.4. The van der Waals surface area contributed by atoms with Crippen molar-refractivity contribution in [1.82, 2.24) is 0 Å². The second-order valence-corrected chi connectivity index (χ2v) is 5.74. The lowest BCUT2D eigenvalue weighted by Crippen LogP contribution is -1.99. The Kier molecular flexibility index (Phi) is 10.0. The molecule has 0 aliphatic heterocycles. The Morgan fingerprint density at radius 3 is 2.33 bits per heavy atom. The summed E-state index contributed by atoms with van der Waals surface area (Å²) in [7, 11) is 0. The third kappa shape index (κ3) is 10.6. The lowest BCUT2D eigenvalue weighted by Gasteiger charge is -2.13. The summed E-state index contributed by atoms with van der Waals surface area (Å²) in [5.41, 5.74) is 0.919. The summed E-state index contributed by atoms with van der Waals surface area (Å²) in [6, 6.07) is 0. The largest absolute Gasteiger partial charge is 0.276 e. The molecule has 0 fully saturated rings. The second kappa shape index (κ2) is 10.4. The lowest BCUT2D eigenvalue weighted by atomic mass is 9.93. The maximum absolute atomic E-state index is 10.6. The van der Waals surface area contributed by atoms with E-state index in [1.165, 1.54) is 31.8 Å². The molecule has 0 rings (SSSR count). The van der Waals surface area contributed by atoms with Crippen LogP contribution in [0.1, 0.15) is 59.8 Å². The van der Waals surface area contributed by atoms with Crippen LogP contribution in [-0.2, 0) is 4.79 Å². The van der Waals surface area contributed by atoms with E-state index in [1.54, 1.807) is 0 Å². The maximum Gasteiger partial charge on any atom is 0.245 e. The molecule has 104 valence electrons. The van der Waals surface area contributed by atoms with Crippen LogP contribution in [0.5, 0.6) is 0 Å². The van der Waals surface area contributed by atoms with Gasteiger partial charge in [-0.2, -0.15) is 0 Å². The molecule has 0 aliphatic rings. The van der Waals surface area contributed by atoms with E-state index in [-0.39, 0.29) is 0 Å². The van der Waals surface area contributed by atoms with Gasteiger partial charge in [-0.15, -0.1) is 0 Å². The normalized spacial score (nSPS) is 15.9. The monoisotopic (exact) mass is 270 g/mol. The fourth-order valence-corrected chi connectivity index (χ4v) is 1.97. The van der Waals surface area contributed by atoms with Crippen LogP contribution in [0.15, 0.2) is 23.8 Å². The molecule has 0 saturated carbocycles. The average Bonchev–Trinajstić information content (AvgIpc) is 2.30. The first-order chi connectivity index (χ1) is 8.45. The number of rotatable bonds is 9. The first-order valence-electron chi connectivity index (χ1n) is 7.00. The standard InChI is InChI=1S/C16H27ClO/c1-5-13(2)10-11-14(3)8-6-7-9-15(4)12-16(17)18/h7,9,12-14H,5-6,8,10-11H2,1-4H3/b9-7+,15-12+. The zero-order valence-electron chi connectivity index (χ0n) is 12.2. The van der Waals surface area contributed by atoms with Crippen LogP contribution in [0.3, 0.4) is 0 Å². The van der Waals surface area contributed by atoms with Crippen molar-refractivity contribution in [3.05, 3.63) is 23.8 Å². The van der Waals surface area contributed by atoms with Gasteiger partial charge in [0.1, 0.15) is 0 Å². The van der Waals surface area contributed by atoms with Gasteiger partial charge >= 0.3 is 0 Å². The van der Waals surface area contributed by atoms with E-state index >= 15 is 0 Å². The van der Waals surface area contributed by atoms with Gasteiger partial charge < -0.3 is 0 Å². The van der Waals surface area contributed by atoms with Gasteiger partial charge in [-0.1, -0.05) is 52.2 Å². The van der Waals surface area contributed by atoms with Crippen LogP contribution in [0.2, 0.25) is 0 Å². The van der Waals surface area contributed by atoms with E-state index in [4.69, 9.17) is 11.6 Å². The van der Waals surface area contributed by atoms with Crippen molar-refractivity contribution in [3.8, 4) is 0 Å². The molecule has 0 aliphatic carbocycles. The molecule has 0 aromatic heterocycles. The molecule has 0 aromatic rings. The summed E-state index contributed by atoms with van der Waals surface area (Å²) in [6.45, 7) is 8.79. The number of halogens is 1. The highest BCUT2D eigenvalue weighted by atomic mass is 35.5. The Balaban J connectivity index is 3.77. The Hall–Kier alpha value is -0.560. The van der Waals surface area contributed by atoms with Crippen molar-refractivity contribution < 1.29 is 4.79 Å². The Morgan fingerprint density at radius 1 is 1.17 bits per heavy atom. The number of hydrogen-bond donors (Lipinski definition) is 0. The quantitative estimate of drug-likeness (QED) is 0.307. The molecule has 0 radical (unpaired) electrons. The van der Waals surface area contributed by atoms with Gasteiger partial charge in [0, 0.05) is 6.08 Å². The Bertz CT molecular complexity index is 291. The summed E-state index contributed by atoms with van der Waals surface area (Å²) < 4.78 is 0. The van der Waals surface area contributed by atoms with E-state index in [1.807, 2.05) is 13.0 Å². The minimum atomic E-state index is -0.404. The first-order valence-corrected chi connectivity index (χ1v) is 7.37. The van der Waals surface area contributed by atoms with Gasteiger partial charge in [-0.25, -0.2) is 0 Å². The van der Waals surface area contributed by atoms with Gasteiger partial charge in [0.05, 0.1) is 0 Å². The molecule has 0 spiro atoms. The second-order valence-electron chi connectivity index (χ2n) is 5.37. The van der Waals surface area contributed by atoms with Gasteiger partial charge in [0.2, 0.25) is 5.24 Å². The molecule has 2 atom stereocenters. The molecule has 0 saturated heterocycles. The van der Waals surface area contributed by atoms with Crippen molar-refractivity contribution in [3.63, 3.8) is 0 Å². The van der Waals surface area contributed by atoms with Crippen molar-refractivity contribution in [2.75, 3.05) is 0 Å². The maximum atomic E-state index is 10.6. The summed E-state index contributed by atoms with van der Waals surface area (Å²) in [5.74, 6) is 1.63. The van der Waals surface area contributed by atoms with E-state index in [0.29, 0.717) is 0 Å². The van der Waals surface area contributed by atoms with Crippen molar-refractivity contribution in [2.24, 2.45) is 11.8 Å². The van der Waals surface area contributed by atoms with E-state index in [9.17, 15) is 4.79 Å². The molecule has 0 heterocycles. The van der Waals surface area contributed by atoms with Crippen molar-refractivity contribution >= 4 is 16.8 Å². The van der Waals surface area contributed by atoms with Gasteiger partial charge in [0.15, 0.2) is 0 Å². The minimum absolute atomic E-state index is 0.404. The van der Waals surface area contributed by atoms with Crippen LogP contribution in [-0.4, -0.2) is 5.24 Å². The summed E-state index contributed by atoms with van der Waals surface area (Å²) in [6.07, 6.45) is 11.8. The van der Waals surface area contributed by atoms with Crippen molar-refractivity contribution in [2.45, 2.75) is 59.8 Å². The highest BCUT2D eigenvalue weighted by molar-refractivity contribution is 6.66. The summed E-state index contributed by atoms with van der Waals surface area (Å²) in [4.78, 5) is 10.6. The van der Waals surface area contributed by atoms with E-state index in [0.717, 1.165) is 23.8 Å². The number of carbonyl (C=O) groups excluding carboxylic acids is 1. The Labute approximate surface area is 117 Å². The van der Waals surface area contributed by atoms with Gasteiger partial charge in [0.25, 0.3) is 0 Å². The molecule has 2 unspecified atom stereocenters. The predicted octanol–water partition coefficient (Wildman–Crippen LogP) is 5.50. The van der Waals surface area contributed by atoms with Crippen LogP contribution in [0.25, 0.3) is 0 Å². The molecule has 0 aromatic carbocycles. The van der Waals surface area contributed by atoms with Crippen LogP contribution in [0, 0.1) is 11.8 Å². The van der Waals surface area contributed by atoms with Gasteiger partial charge in [-0.05, 0) is 48.8 Å². The fourth-order valence-electron chi connectivity index (χ4n) is 1.79. The zero-order valence-corrected chi connectivity index (χ0v) is 13.0. The highest BCUT2D eigenvalue weighted by Crippen LogP contribution is 2.18. The van der Waals surface area contributed by atoms with Crippen LogP contribution >= 0.6 is 11.6 Å². The molecular formula is C16H27ClO. The molecule has 18 heavy (non-hydrogen) atoms. The third-order valence-electron chi connectivity index (χ3n) is 3.40. The average molecular weight is 271 g/mol. The topological polar surface area (TPSA) is 17.1 Å². The fraction of sp³-hybridized carbons (Fsp3) is 0.688. The SMILES string of the molecule is CCC(C)CCC(C)CC/C=C/C(C)=C/C(=O)Cl. The molecular weight excluding hydrogens is 244 g/mol. The molecule has 2 heteroatoms. The van der Waals surface area contributed by atoms with Crippen LogP contribution in [0.4, 0.5) is 0 Å². The number of carbonyl (C=O) groups is 1. The zero-order chi connectivity index (χ0) is 14.0. The summed E-state index contributed by atoms with van der Waals surface area (Å²) in [5, 5.41) is -0.404. The molecule has 0 bridgehead atoms. The molecule has 0 amide bonds. The van der Waals surface area contributed by atoms with E-state index < -0.39 is 5.24 Å². The highest BCUT2D eigenvalue weighted by Gasteiger charge is 2.04. The van der Waals surface area contributed by atoms with Gasteiger partial charge in [-0.3, -0.25) is 4.79 Å². The van der Waals surface area contributed by atoms with E-state index in [2.05, 4.69) is 26.8 Å². The minimum Gasteiger partial charge on any atom is -0.276 e. The predicted molar refractivity (Wildman–Crippen MR) is 80.8 cm³/mol. The molecule has 0 N–H and O–H groups in total. The van der Waals surface area contributed by atoms with Crippen molar-refractivity contribution in [1.29, 1.82) is 0 Å². The van der Waals surface area contributed by atoms with Crippen LogP contribution < -0.4 is 0 Å². The Morgan fingerprint density at radius 2 is 1.78 bits per heavy atom. The molecule has 1 nitrogen and oxygen atoms in total.